The average molecular weight is 250 g/mol. The van der Waals surface area contributed by atoms with E-state index in [0.717, 1.165) is 38.6 Å². The number of imide groups is 1. The molecule has 1 saturated heterocycles. The summed E-state index contributed by atoms with van der Waals surface area (Å²) < 4.78 is 0. The summed E-state index contributed by atoms with van der Waals surface area (Å²) in [5.41, 5.74) is -0.291. The third-order valence-corrected chi connectivity index (χ3v) is 4.62. The molecule has 0 aromatic heterocycles. The normalized spacial score (nSPS) is 26.6. The zero-order valence-electron chi connectivity index (χ0n) is 10.9. The molecule has 1 spiro atoms. The molecule has 2 saturated carbocycles. The van der Waals surface area contributed by atoms with Gasteiger partial charge in [-0.1, -0.05) is 12.8 Å². The monoisotopic (exact) mass is 250 g/mol. The molecule has 3 aliphatic rings. The van der Waals surface area contributed by atoms with Crippen molar-refractivity contribution in [2.45, 2.75) is 57.4 Å². The van der Waals surface area contributed by atoms with Gasteiger partial charge >= 0.3 is 0 Å². The second kappa shape index (κ2) is 4.65. The van der Waals surface area contributed by atoms with Crippen LogP contribution in [0, 0.1) is 5.41 Å². The van der Waals surface area contributed by atoms with Crippen molar-refractivity contribution in [2.75, 3.05) is 13.1 Å². The molecule has 0 aromatic carbocycles. The van der Waals surface area contributed by atoms with E-state index in [9.17, 15) is 9.59 Å². The van der Waals surface area contributed by atoms with Crippen LogP contribution in [0.15, 0.2) is 0 Å². The molecule has 18 heavy (non-hydrogen) atoms. The van der Waals surface area contributed by atoms with E-state index >= 15 is 0 Å². The molecule has 2 aliphatic carbocycles. The summed E-state index contributed by atoms with van der Waals surface area (Å²) in [4.78, 5) is 25.9. The van der Waals surface area contributed by atoms with Crippen LogP contribution in [-0.4, -0.2) is 35.8 Å². The maximum absolute atomic E-state index is 12.4. The predicted molar refractivity (Wildman–Crippen MR) is 67.9 cm³/mol. The van der Waals surface area contributed by atoms with E-state index < -0.39 is 0 Å². The number of likely N-dealkylation sites (tertiary alicyclic amines) is 1. The van der Waals surface area contributed by atoms with Gasteiger partial charge in [-0.15, -0.1) is 0 Å². The van der Waals surface area contributed by atoms with E-state index in [2.05, 4.69) is 5.32 Å². The number of hydrogen-bond acceptors (Lipinski definition) is 3. The Morgan fingerprint density at radius 3 is 2.61 bits per heavy atom. The van der Waals surface area contributed by atoms with Gasteiger partial charge in [0.2, 0.25) is 11.8 Å². The van der Waals surface area contributed by atoms with Crippen molar-refractivity contribution in [3.8, 4) is 0 Å². The first kappa shape index (κ1) is 12.2. The predicted octanol–water partition coefficient (Wildman–Crippen LogP) is 1.45. The van der Waals surface area contributed by atoms with Crippen molar-refractivity contribution >= 4 is 11.8 Å². The zero-order chi connectivity index (χ0) is 12.6. The third kappa shape index (κ3) is 2.18. The van der Waals surface area contributed by atoms with Crippen LogP contribution < -0.4 is 5.32 Å². The summed E-state index contributed by atoms with van der Waals surface area (Å²) in [5.74, 6) is 0.185. The molecule has 1 heterocycles. The summed E-state index contributed by atoms with van der Waals surface area (Å²) in [6.07, 6.45) is 8.00. The highest BCUT2D eigenvalue weighted by Gasteiger charge is 2.52. The van der Waals surface area contributed by atoms with E-state index in [1.807, 2.05) is 0 Å². The van der Waals surface area contributed by atoms with Gasteiger partial charge in [-0.3, -0.25) is 14.5 Å². The van der Waals surface area contributed by atoms with Crippen LogP contribution in [0.25, 0.3) is 0 Å². The first-order valence-corrected chi connectivity index (χ1v) is 7.29. The SMILES string of the molecule is O=C1CC2(CCCC2)C(=O)N1CCCNC1CC1. The minimum absolute atomic E-state index is 0.0633. The van der Waals surface area contributed by atoms with E-state index in [0.29, 0.717) is 19.0 Å². The van der Waals surface area contributed by atoms with Crippen LogP contribution in [-0.2, 0) is 9.59 Å². The Morgan fingerprint density at radius 2 is 1.94 bits per heavy atom. The molecule has 4 nitrogen and oxygen atoms in total. The molecule has 0 bridgehead atoms. The minimum atomic E-state index is -0.291. The molecular weight excluding hydrogens is 228 g/mol. The molecule has 4 heteroatoms. The molecule has 100 valence electrons. The molecule has 1 aliphatic heterocycles. The first-order chi connectivity index (χ1) is 8.71. The summed E-state index contributed by atoms with van der Waals surface area (Å²) in [6.45, 7) is 1.54. The molecule has 3 fully saturated rings. The van der Waals surface area contributed by atoms with E-state index in [1.54, 1.807) is 0 Å². The van der Waals surface area contributed by atoms with Crippen LogP contribution in [0.1, 0.15) is 51.4 Å². The molecule has 0 aromatic rings. The number of amides is 2. The van der Waals surface area contributed by atoms with Crippen molar-refractivity contribution < 1.29 is 9.59 Å². The highest BCUT2D eigenvalue weighted by Crippen LogP contribution is 2.46. The lowest BCUT2D eigenvalue weighted by Crippen LogP contribution is -2.36. The van der Waals surface area contributed by atoms with Crippen LogP contribution in [0.2, 0.25) is 0 Å². The average Bonchev–Trinajstić information content (AvgIpc) is 3.01. The van der Waals surface area contributed by atoms with Gasteiger partial charge in [-0.05, 0) is 38.6 Å². The number of rotatable bonds is 5. The van der Waals surface area contributed by atoms with Crippen molar-refractivity contribution in [3.05, 3.63) is 0 Å². The Labute approximate surface area is 108 Å². The second-order valence-electron chi connectivity index (χ2n) is 6.10. The number of carbonyl (C=O) groups is 2. The van der Waals surface area contributed by atoms with Crippen molar-refractivity contribution in [3.63, 3.8) is 0 Å². The lowest BCUT2D eigenvalue weighted by molar-refractivity contribution is -0.141. The maximum Gasteiger partial charge on any atom is 0.235 e. The summed E-state index contributed by atoms with van der Waals surface area (Å²) in [5, 5.41) is 3.42. The molecule has 0 atom stereocenters. The van der Waals surface area contributed by atoms with Gasteiger partial charge in [-0.2, -0.15) is 0 Å². The molecular formula is C14H22N2O2. The molecule has 0 radical (unpaired) electrons. The number of hydrogen-bond donors (Lipinski definition) is 1. The number of nitrogens with one attached hydrogen (secondary N) is 1. The van der Waals surface area contributed by atoms with Crippen molar-refractivity contribution in [2.24, 2.45) is 5.41 Å². The highest BCUT2D eigenvalue weighted by molar-refractivity contribution is 6.06. The maximum atomic E-state index is 12.4. The van der Waals surface area contributed by atoms with Crippen LogP contribution >= 0.6 is 0 Å². The summed E-state index contributed by atoms with van der Waals surface area (Å²) >= 11 is 0. The van der Waals surface area contributed by atoms with Crippen molar-refractivity contribution in [1.29, 1.82) is 0 Å². The Hall–Kier alpha value is -0.900. The molecule has 3 rings (SSSR count). The van der Waals surface area contributed by atoms with Gasteiger partial charge in [-0.25, -0.2) is 0 Å². The van der Waals surface area contributed by atoms with Gasteiger partial charge in [0, 0.05) is 19.0 Å². The van der Waals surface area contributed by atoms with Crippen molar-refractivity contribution in [1.82, 2.24) is 10.2 Å². The number of nitrogens with zero attached hydrogens (tertiary/aromatic N) is 1. The fourth-order valence-electron chi connectivity index (χ4n) is 3.36. The van der Waals surface area contributed by atoms with Gasteiger partial charge in [0.1, 0.15) is 0 Å². The van der Waals surface area contributed by atoms with E-state index in [4.69, 9.17) is 0 Å². The van der Waals surface area contributed by atoms with Gasteiger partial charge < -0.3 is 5.32 Å². The minimum Gasteiger partial charge on any atom is -0.314 e. The standard InChI is InChI=1S/C14H22N2O2/c17-12-10-14(6-1-2-7-14)13(18)16(12)9-3-8-15-11-4-5-11/h11,15H,1-10H2. The van der Waals surface area contributed by atoms with Crippen LogP contribution in [0.5, 0.6) is 0 Å². The number of carbonyl (C=O) groups excluding carboxylic acids is 2. The zero-order valence-corrected chi connectivity index (χ0v) is 10.9. The Morgan fingerprint density at radius 1 is 1.22 bits per heavy atom. The Bertz CT molecular complexity index is 357. The molecule has 0 unspecified atom stereocenters. The molecule has 1 N–H and O–H groups in total. The summed E-state index contributed by atoms with van der Waals surface area (Å²) in [7, 11) is 0. The quantitative estimate of drug-likeness (QED) is 0.593. The Balaban J connectivity index is 1.51. The van der Waals surface area contributed by atoms with E-state index in [-0.39, 0.29) is 17.2 Å². The second-order valence-corrected chi connectivity index (χ2v) is 6.10. The lowest BCUT2D eigenvalue weighted by Gasteiger charge is -2.20. The topological polar surface area (TPSA) is 49.4 Å². The fourth-order valence-corrected chi connectivity index (χ4v) is 3.36. The molecule has 2 amide bonds. The van der Waals surface area contributed by atoms with E-state index in [1.165, 1.54) is 17.7 Å². The van der Waals surface area contributed by atoms with Gasteiger partial charge in [0.15, 0.2) is 0 Å². The highest BCUT2D eigenvalue weighted by atomic mass is 16.2. The smallest absolute Gasteiger partial charge is 0.235 e. The van der Waals surface area contributed by atoms with Gasteiger partial charge in [0.25, 0.3) is 0 Å². The third-order valence-electron chi connectivity index (χ3n) is 4.62. The first-order valence-electron chi connectivity index (χ1n) is 7.29. The summed E-state index contributed by atoms with van der Waals surface area (Å²) in [6, 6.07) is 0.705. The van der Waals surface area contributed by atoms with Crippen LogP contribution in [0.4, 0.5) is 0 Å². The van der Waals surface area contributed by atoms with Gasteiger partial charge in [0.05, 0.1) is 5.41 Å². The van der Waals surface area contributed by atoms with Crippen LogP contribution in [0.3, 0.4) is 0 Å². The Kier molecular flexibility index (Phi) is 3.14. The fraction of sp³-hybridized carbons (Fsp3) is 0.857. The lowest BCUT2D eigenvalue weighted by atomic mass is 9.84. The largest absolute Gasteiger partial charge is 0.314 e.